The van der Waals surface area contributed by atoms with Crippen molar-refractivity contribution in [2.45, 2.75) is 0 Å². The molecule has 0 aliphatic carbocycles. The Hall–Kier alpha value is 0.0800. The molecular formula is C5H9NOS2. The number of thioether (sulfide) groups is 1. The summed E-state index contributed by atoms with van der Waals surface area (Å²) in [6.45, 7) is 0. The van der Waals surface area contributed by atoms with E-state index in [0.29, 0.717) is 0 Å². The Bertz CT molecular complexity index is 127. The van der Waals surface area contributed by atoms with Crippen LogP contribution in [0.15, 0.2) is 4.40 Å². The van der Waals surface area contributed by atoms with E-state index in [1.165, 1.54) is 11.5 Å². The van der Waals surface area contributed by atoms with Gasteiger partial charge in [0.25, 0.3) is 0 Å². The van der Waals surface area contributed by atoms with Crippen LogP contribution >= 0.6 is 22.8 Å². The van der Waals surface area contributed by atoms with E-state index >= 15 is 0 Å². The third kappa shape index (κ3) is 2.43. The molecule has 1 aliphatic rings. The fourth-order valence-corrected chi connectivity index (χ4v) is 4.17. The van der Waals surface area contributed by atoms with Gasteiger partial charge in [-0.05, 0) is 0 Å². The van der Waals surface area contributed by atoms with Crippen molar-refractivity contribution in [1.82, 2.24) is 0 Å². The number of rotatable bonds is 1. The Morgan fingerprint density at radius 3 is 2.67 bits per heavy atom. The first kappa shape index (κ1) is 7.19. The summed E-state index contributed by atoms with van der Waals surface area (Å²) in [5.74, 6) is 4.60. The summed E-state index contributed by atoms with van der Waals surface area (Å²) in [5.41, 5.74) is 0. The lowest BCUT2D eigenvalue weighted by atomic mass is 10.9. The maximum atomic E-state index is 9.79. The van der Waals surface area contributed by atoms with Gasteiger partial charge < -0.3 is 0 Å². The molecule has 0 N–H and O–H groups in total. The van der Waals surface area contributed by atoms with Gasteiger partial charge in [0.2, 0.25) is 6.08 Å². The molecule has 0 amide bonds. The zero-order valence-corrected chi connectivity index (χ0v) is 6.75. The van der Waals surface area contributed by atoms with Gasteiger partial charge in [-0.3, -0.25) is 0 Å². The van der Waals surface area contributed by atoms with E-state index in [0.717, 1.165) is 11.5 Å². The highest BCUT2D eigenvalue weighted by Gasteiger charge is 2.06. The van der Waals surface area contributed by atoms with Crippen LogP contribution in [0.2, 0.25) is 0 Å². The quantitative estimate of drug-likeness (QED) is 0.355. The molecule has 0 radical (unpaired) electrons. The predicted molar refractivity (Wildman–Crippen MR) is 44.2 cm³/mol. The van der Waals surface area contributed by atoms with Crippen molar-refractivity contribution in [1.29, 1.82) is 0 Å². The molecule has 0 bridgehead atoms. The lowest BCUT2D eigenvalue weighted by Gasteiger charge is -2.18. The van der Waals surface area contributed by atoms with Gasteiger partial charge in [0.15, 0.2) is 0 Å². The molecule has 1 aliphatic heterocycles. The van der Waals surface area contributed by atoms with Crippen LogP contribution in [0.3, 0.4) is 0 Å². The van der Waals surface area contributed by atoms with E-state index in [9.17, 15) is 4.79 Å². The lowest BCUT2D eigenvalue weighted by molar-refractivity contribution is 0.566. The molecule has 0 aromatic rings. The zero-order chi connectivity index (χ0) is 6.53. The molecule has 1 rings (SSSR count). The highest BCUT2D eigenvalue weighted by Crippen LogP contribution is 2.31. The van der Waals surface area contributed by atoms with E-state index in [1.807, 2.05) is 11.8 Å². The second kappa shape index (κ2) is 3.99. The van der Waals surface area contributed by atoms with E-state index in [4.69, 9.17) is 0 Å². The Morgan fingerprint density at radius 2 is 2.11 bits per heavy atom. The highest BCUT2D eigenvalue weighted by atomic mass is 32.2. The maximum Gasteiger partial charge on any atom is 0.245 e. The van der Waals surface area contributed by atoms with Gasteiger partial charge in [-0.2, -0.15) is 16.2 Å². The van der Waals surface area contributed by atoms with Crippen molar-refractivity contribution in [2.75, 3.05) is 23.0 Å². The number of nitrogens with zero attached hydrogens (tertiary/aromatic N) is 1. The van der Waals surface area contributed by atoms with Gasteiger partial charge >= 0.3 is 0 Å². The summed E-state index contributed by atoms with van der Waals surface area (Å²) in [6, 6.07) is 0. The summed E-state index contributed by atoms with van der Waals surface area (Å²) >= 11 is 1.66. The summed E-state index contributed by atoms with van der Waals surface area (Å²) in [7, 11) is 0. The van der Waals surface area contributed by atoms with Crippen molar-refractivity contribution in [3.8, 4) is 0 Å². The second-order valence-electron chi connectivity index (χ2n) is 1.76. The van der Waals surface area contributed by atoms with Crippen LogP contribution in [0.4, 0.5) is 0 Å². The van der Waals surface area contributed by atoms with Crippen LogP contribution in [-0.4, -0.2) is 29.1 Å². The van der Waals surface area contributed by atoms with Crippen molar-refractivity contribution in [3.63, 3.8) is 0 Å². The third-order valence-electron chi connectivity index (χ3n) is 1.17. The first-order valence-electron chi connectivity index (χ1n) is 2.84. The average Bonchev–Trinajstić information content (AvgIpc) is 1.91. The largest absolute Gasteiger partial charge is 0.245 e. The molecule has 52 valence electrons. The Kier molecular flexibility index (Phi) is 3.18. The molecule has 1 fully saturated rings. The van der Waals surface area contributed by atoms with Crippen molar-refractivity contribution < 1.29 is 4.79 Å². The number of carbonyl (C=O) groups excluding carboxylic acids is 1. The minimum Gasteiger partial charge on any atom is -0.210 e. The Balaban J connectivity index is 2.31. The molecule has 0 saturated carbocycles. The second-order valence-corrected chi connectivity index (χ2v) is 5.09. The standard InChI is InChI=1S/C5H9NOS2/c7-5-6-9-3-1-8-2-4-9/h9H,1-4H2. The van der Waals surface area contributed by atoms with Gasteiger partial charge in [-0.15, -0.1) is 11.1 Å². The summed E-state index contributed by atoms with van der Waals surface area (Å²) in [6.07, 6.45) is 1.63. The van der Waals surface area contributed by atoms with Crippen LogP contribution in [0, 0.1) is 0 Å². The third-order valence-corrected chi connectivity index (χ3v) is 4.60. The van der Waals surface area contributed by atoms with E-state index < -0.39 is 0 Å². The smallest absolute Gasteiger partial charge is 0.210 e. The predicted octanol–water partition coefficient (Wildman–Crippen LogP) is 0.985. The topological polar surface area (TPSA) is 29.4 Å². The van der Waals surface area contributed by atoms with Crippen molar-refractivity contribution in [2.24, 2.45) is 4.40 Å². The molecule has 1 heterocycles. The average molecular weight is 163 g/mol. The molecule has 4 heteroatoms. The number of hydrogen-bond acceptors (Lipinski definition) is 3. The maximum absolute atomic E-state index is 9.79. The number of hydrogen-bond donors (Lipinski definition) is 1. The molecular weight excluding hydrogens is 154 g/mol. The van der Waals surface area contributed by atoms with Crippen LogP contribution in [-0.2, 0) is 4.79 Å². The first-order valence-corrected chi connectivity index (χ1v) is 5.66. The molecule has 1 saturated heterocycles. The van der Waals surface area contributed by atoms with Crippen LogP contribution in [0.5, 0.6) is 0 Å². The number of isocyanates is 1. The summed E-state index contributed by atoms with van der Waals surface area (Å²) < 4.78 is 3.73. The summed E-state index contributed by atoms with van der Waals surface area (Å²) in [4.78, 5) is 9.79. The summed E-state index contributed by atoms with van der Waals surface area (Å²) in [5, 5.41) is 0. The van der Waals surface area contributed by atoms with Crippen molar-refractivity contribution >= 4 is 28.9 Å². The SMILES string of the molecule is O=C=N[SH]1CCSCC1. The number of thiol groups is 1. The van der Waals surface area contributed by atoms with E-state index in [1.54, 1.807) is 6.08 Å². The van der Waals surface area contributed by atoms with Gasteiger partial charge in [-0.1, -0.05) is 0 Å². The Labute approximate surface area is 61.6 Å². The minimum absolute atomic E-state index is 0.291. The fourth-order valence-electron chi connectivity index (χ4n) is 0.711. The zero-order valence-electron chi connectivity index (χ0n) is 5.04. The highest BCUT2D eigenvalue weighted by molar-refractivity contribution is 8.18. The van der Waals surface area contributed by atoms with Crippen LogP contribution in [0.1, 0.15) is 0 Å². The van der Waals surface area contributed by atoms with E-state index in [2.05, 4.69) is 4.40 Å². The molecule has 9 heavy (non-hydrogen) atoms. The normalized spacial score (nSPS) is 22.9. The van der Waals surface area contributed by atoms with Gasteiger partial charge in [0.1, 0.15) is 0 Å². The molecule has 0 atom stereocenters. The Morgan fingerprint density at radius 1 is 1.44 bits per heavy atom. The lowest BCUT2D eigenvalue weighted by Crippen LogP contribution is -2.04. The van der Waals surface area contributed by atoms with Crippen LogP contribution in [0.25, 0.3) is 0 Å². The molecule has 0 aromatic carbocycles. The fraction of sp³-hybridized carbons (Fsp3) is 0.800. The van der Waals surface area contributed by atoms with Crippen molar-refractivity contribution in [3.05, 3.63) is 0 Å². The minimum atomic E-state index is -0.291. The molecule has 0 spiro atoms. The van der Waals surface area contributed by atoms with Gasteiger partial charge in [0.05, 0.1) is 0 Å². The van der Waals surface area contributed by atoms with Gasteiger partial charge in [0, 0.05) is 23.0 Å². The van der Waals surface area contributed by atoms with E-state index in [-0.39, 0.29) is 11.1 Å². The molecule has 0 unspecified atom stereocenters. The molecule has 0 aromatic heterocycles. The van der Waals surface area contributed by atoms with Gasteiger partial charge in [-0.25, -0.2) is 4.79 Å². The first-order chi connectivity index (χ1) is 4.43. The monoisotopic (exact) mass is 163 g/mol. The molecule has 2 nitrogen and oxygen atoms in total. The van der Waals surface area contributed by atoms with Crippen LogP contribution < -0.4 is 0 Å².